The van der Waals surface area contributed by atoms with E-state index in [0.29, 0.717) is 22.9 Å². The van der Waals surface area contributed by atoms with Crippen molar-refractivity contribution in [2.45, 2.75) is 33.4 Å². The normalized spacial score (nSPS) is 10.5. The molecule has 0 radical (unpaired) electrons. The molecule has 1 N–H and O–H groups in total. The molecule has 11 nitrogen and oxygen atoms in total. The number of aromatic nitrogens is 4. The number of methoxy groups -OCH3 is 1. The highest BCUT2D eigenvalue weighted by Gasteiger charge is 2.16. The lowest BCUT2D eigenvalue weighted by atomic mass is 10.1. The second-order valence-electron chi connectivity index (χ2n) is 8.75. The highest BCUT2D eigenvalue weighted by molar-refractivity contribution is 5.69. The zero-order valence-corrected chi connectivity index (χ0v) is 21.7. The third-order valence-electron chi connectivity index (χ3n) is 5.89. The Bertz CT molecular complexity index is 1650. The average molecular weight is 527 g/mol. The Morgan fingerprint density at radius 3 is 2.46 bits per heavy atom. The fraction of sp³-hybridized carbons (Fsp3) is 0.214. The van der Waals surface area contributed by atoms with E-state index in [1.807, 2.05) is 44.2 Å². The number of carbonyl (C=O) groups is 1. The van der Waals surface area contributed by atoms with E-state index in [9.17, 15) is 14.4 Å². The van der Waals surface area contributed by atoms with Crippen LogP contribution in [0, 0.1) is 25.2 Å². The van der Waals surface area contributed by atoms with Gasteiger partial charge in [-0.1, -0.05) is 29.8 Å². The number of carbonyl (C=O) groups excluding carboxylic acids is 1. The van der Waals surface area contributed by atoms with Gasteiger partial charge in [-0.3, -0.25) is 9.36 Å². The van der Waals surface area contributed by atoms with Crippen LogP contribution in [-0.4, -0.2) is 32.2 Å². The number of nitriles is 1. The number of aryl methyl sites for hydroxylation is 2. The van der Waals surface area contributed by atoms with Gasteiger partial charge in [0.25, 0.3) is 0 Å². The van der Waals surface area contributed by atoms with Gasteiger partial charge < -0.3 is 14.8 Å². The molecule has 11 heteroatoms. The number of esters is 1. The van der Waals surface area contributed by atoms with Gasteiger partial charge in [0.15, 0.2) is 0 Å². The van der Waals surface area contributed by atoms with E-state index in [4.69, 9.17) is 10.00 Å². The maximum absolute atomic E-state index is 13.4. The number of rotatable bonds is 9. The van der Waals surface area contributed by atoms with Crippen molar-refractivity contribution in [3.8, 4) is 17.7 Å². The summed E-state index contributed by atoms with van der Waals surface area (Å²) in [5.41, 5.74) is 2.27. The van der Waals surface area contributed by atoms with E-state index in [1.54, 1.807) is 30.3 Å². The third kappa shape index (κ3) is 6.56. The van der Waals surface area contributed by atoms with E-state index in [1.165, 1.54) is 17.9 Å². The Morgan fingerprint density at radius 2 is 1.82 bits per heavy atom. The SMILES string of the molecule is COC(=O)CCn1c(=O)nc(Nc2ccc(Oc3ccc(C#N)cn3)c(C)c2)n(Cc2ccc(C)cc2)c1=O. The Morgan fingerprint density at radius 1 is 1.05 bits per heavy atom. The minimum absolute atomic E-state index is 0.0571. The molecule has 2 aromatic heterocycles. The zero-order valence-electron chi connectivity index (χ0n) is 21.7. The third-order valence-corrected chi connectivity index (χ3v) is 5.89. The molecule has 0 atom stereocenters. The Hall–Kier alpha value is -5.24. The molecule has 0 unspecified atom stereocenters. The highest BCUT2D eigenvalue weighted by atomic mass is 16.5. The molecule has 0 aliphatic rings. The van der Waals surface area contributed by atoms with E-state index in [0.717, 1.165) is 21.3 Å². The van der Waals surface area contributed by atoms with Gasteiger partial charge in [0, 0.05) is 24.5 Å². The molecule has 2 heterocycles. The molecule has 198 valence electrons. The summed E-state index contributed by atoms with van der Waals surface area (Å²) in [6.07, 6.45) is 1.28. The molecule has 0 aliphatic heterocycles. The number of anilines is 2. The van der Waals surface area contributed by atoms with Gasteiger partial charge >= 0.3 is 17.3 Å². The fourth-order valence-corrected chi connectivity index (χ4v) is 3.73. The van der Waals surface area contributed by atoms with Crippen molar-refractivity contribution < 1.29 is 14.3 Å². The fourth-order valence-electron chi connectivity index (χ4n) is 3.73. The van der Waals surface area contributed by atoms with Crippen molar-refractivity contribution in [1.29, 1.82) is 5.26 Å². The standard InChI is InChI=1S/C28H26N6O5/c1-18-4-6-20(7-5-18)17-34-26(32-27(36)33(28(34)37)13-12-25(35)38-3)31-22-9-10-23(19(2)14-22)39-24-11-8-21(15-29)16-30-24/h4-11,14,16H,12-13,17H2,1-3H3,(H,31,32,36). The molecule has 2 aromatic carbocycles. The lowest BCUT2D eigenvalue weighted by Crippen LogP contribution is -2.43. The van der Waals surface area contributed by atoms with E-state index >= 15 is 0 Å². The van der Waals surface area contributed by atoms with Crippen LogP contribution in [0.5, 0.6) is 11.6 Å². The number of pyridine rings is 1. The summed E-state index contributed by atoms with van der Waals surface area (Å²) in [5, 5.41) is 12.0. The Balaban J connectivity index is 1.65. The number of hydrogen-bond acceptors (Lipinski definition) is 9. The predicted octanol–water partition coefficient (Wildman–Crippen LogP) is 3.44. The van der Waals surface area contributed by atoms with E-state index < -0.39 is 17.3 Å². The van der Waals surface area contributed by atoms with Crippen LogP contribution in [0.25, 0.3) is 0 Å². The summed E-state index contributed by atoms with van der Waals surface area (Å²) in [5.74, 6) is 0.396. The highest BCUT2D eigenvalue weighted by Crippen LogP contribution is 2.27. The lowest BCUT2D eigenvalue weighted by Gasteiger charge is -2.16. The molecule has 0 saturated heterocycles. The first kappa shape index (κ1) is 26.8. The Kier molecular flexibility index (Phi) is 8.16. The minimum atomic E-state index is -0.782. The lowest BCUT2D eigenvalue weighted by molar-refractivity contribution is -0.140. The first-order chi connectivity index (χ1) is 18.8. The molecule has 0 spiro atoms. The van der Waals surface area contributed by atoms with Gasteiger partial charge in [-0.15, -0.1) is 0 Å². The second kappa shape index (κ2) is 11.9. The molecule has 0 fully saturated rings. The van der Waals surface area contributed by atoms with Crippen molar-refractivity contribution in [1.82, 2.24) is 19.1 Å². The van der Waals surface area contributed by atoms with Crippen molar-refractivity contribution in [3.63, 3.8) is 0 Å². The molecule has 4 rings (SSSR count). The van der Waals surface area contributed by atoms with Crippen LogP contribution in [0.2, 0.25) is 0 Å². The quantitative estimate of drug-likeness (QED) is 0.325. The van der Waals surface area contributed by atoms with Gasteiger partial charge in [-0.05, 0) is 49.2 Å². The van der Waals surface area contributed by atoms with Crippen LogP contribution in [-0.2, 0) is 22.6 Å². The number of ether oxygens (including phenoxy) is 2. The summed E-state index contributed by atoms with van der Waals surface area (Å²) in [6, 6.07) is 18.1. The second-order valence-corrected chi connectivity index (χ2v) is 8.75. The zero-order chi connectivity index (χ0) is 27.9. The molecule has 4 aromatic rings. The van der Waals surface area contributed by atoms with Crippen LogP contribution < -0.4 is 21.4 Å². The molecule has 0 amide bonds. The monoisotopic (exact) mass is 526 g/mol. The summed E-state index contributed by atoms with van der Waals surface area (Å²) in [6.45, 7) is 3.80. The maximum Gasteiger partial charge on any atom is 0.354 e. The van der Waals surface area contributed by atoms with Gasteiger partial charge in [0.05, 0.1) is 25.6 Å². The minimum Gasteiger partial charge on any atom is -0.469 e. The van der Waals surface area contributed by atoms with Gasteiger partial charge in [-0.2, -0.15) is 10.2 Å². The first-order valence-corrected chi connectivity index (χ1v) is 12.0. The van der Waals surface area contributed by atoms with Gasteiger partial charge in [0.1, 0.15) is 11.8 Å². The summed E-state index contributed by atoms with van der Waals surface area (Å²) in [7, 11) is 1.24. The number of nitrogens with zero attached hydrogens (tertiary/aromatic N) is 5. The van der Waals surface area contributed by atoms with Crippen molar-refractivity contribution in [2.24, 2.45) is 0 Å². The van der Waals surface area contributed by atoms with Gasteiger partial charge in [0.2, 0.25) is 11.8 Å². The molecule has 0 bridgehead atoms. The van der Waals surface area contributed by atoms with Crippen LogP contribution in [0.4, 0.5) is 11.6 Å². The first-order valence-electron chi connectivity index (χ1n) is 12.0. The predicted molar refractivity (Wildman–Crippen MR) is 143 cm³/mol. The van der Waals surface area contributed by atoms with Crippen molar-refractivity contribution >= 4 is 17.6 Å². The van der Waals surface area contributed by atoms with Crippen LogP contribution in [0.15, 0.2) is 70.4 Å². The number of hydrogen-bond donors (Lipinski definition) is 1. The molecule has 39 heavy (non-hydrogen) atoms. The molecule has 0 aliphatic carbocycles. The average Bonchev–Trinajstić information content (AvgIpc) is 2.93. The van der Waals surface area contributed by atoms with Crippen LogP contribution in [0.1, 0.15) is 28.7 Å². The molecular weight excluding hydrogens is 500 g/mol. The van der Waals surface area contributed by atoms with Crippen molar-refractivity contribution in [3.05, 3.63) is 104 Å². The van der Waals surface area contributed by atoms with E-state index in [2.05, 4.69) is 20.0 Å². The topological polar surface area (TPSA) is 141 Å². The summed E-state index contributed by atoms with van der Waals surface area (Å²) in [4.78, 5) is 46.0. The number of benzene rings is 2. The van der Waals surface area contributed by atoms with Crippen molar-refractivity contribution in [2.75, 3.05) is 12.4 Å². The van der Waals surface area contributed by atoms with Crippen LogP contribution >= 0.6 is 0 Å². The molecule has 0 saturated carbocycles. The molecular formula is C28H26N6O5. The van der Waals surface area contributed by atoms with Gasteiger partial charge in [-0.25, -0.2) is 19.1 Å². The summed E-state index contributed by atoms with van der Waals surface area (Å²) < 4.78 is 12.7. The smallest absolute Gasteiger partial charge is 0.354 e. The number of nitrogens with one attached hydrogen (secondary N) is 1. The Labute approximate surface area is 223 Å². The maximum atomic E-state index is 13.4. The van der Waals surface area contributed by atoms with E-state index in [-0.39, 0.29) is 25.5 Å². The summed E-state index contributed by atoms with van der Waals surface area (Å²) >= 11 is 0. The largest absolute Gasteiger partial charge is 0.469 e. The van der Waals surface area contributed by atoms with Crippen LogP contribution in [0.3, 0.4) is 0 Å².